The van der Waals surface area contributed by atoms with Gasteiger partial charge in [-0.15, -0.1) is 13.1 Å². The summed E-state index contributed by atoms with van der Waals surface area (Å²) in [7, 11) is 0. The molecule has 94 valence electrons. The van der Waals surface area contributed by atoms with Crippen molar-refractivity contribution in [3.63, 3.8) is 0 Å². The van der Waals surface area contributed by atoms with Gasteiger partial charge in [-0.1, -0.05) is 24.7 Å². The minimum absolute atomic E-state index is 0. The van der Waals surface area contributed by atoms with E-state index in [0.717, 1.165) is 0 Å². The van der Waals surface area contributed by atoms with E-state index in [2.05, 4.69) is 0 Å². The summed E-state index contributed by atoms with van der Waals surface area (Å²) in [4.78, 5) is 9.45. The molecule has 0 aliphatic heterocycles. The Bertz CT molecular complexity index is 165. The average Bonchev–Trinajstić information content (AvgIpc) is 2.05. The largest absolute Gasteiger partial charge is 0.677 e. The Morgan fingerprint density at radius 2 is 1.60 bits per heavy atom. The number of hydrogen-bond donors (Lipinski definition) is 2. The zero-order chi connectivity index (χ0) is 11.1. The van der Waals surface area contributed by atoms with E-state index in [1.165, 1.54) is 19.8 Å². The van der Waals surface area contributed by atoms with Crippen LogP contribution in [0.4, 0.5) is 0 Å². The van der Waals surface area contributed by atoms with Crippen LogP contribution in [0.5, 0.6) is 0 Å². The van der Waals surface area contributed by atoms with Gasteiger partial charge in [0.05, 0.1) is 0 Å². The first-order valence-electron chi connectivity index (χ1n) is 4.73. The average molecular weight is 397 g/mol. The molecule has 1 saturated carbocycles. The summed E-state index contributed by atoms with van der Waals surface area (Å²) in [6.45, 7) is 2.29. The molecule has 0 aromatic carbocycles. The number of aliphatic hydroxyl groups is 1. The van der Waals surface area contributed by atoms with Crippen molar-refractivity contribution in [2.45, 2.75) is 25.9 Å². The minimum atomic E-state index is -1.23. The van der Waals surface area contributed by atoms with Gasteiger partial charge in [0, 0.05) is 21.1 Å². The topological polar surface area (TPSA) is 105 Å². The van der Waals surface area contributed by atoms with Gasteiger partial charge in [-0.25, -0.2) is 4.79 Å². The molecule has 4 N–H and O–H groups in total. The van der Waals surface area contributed by atoms with Crippen molar-refractivity contribution < 1.29 is 36.1 Å². The Hall–Kier alpha value is 0.0383. The summed E-state index contributed by atoms with van der Waals surface area (Å²) in [5.41, 5.74) is 14.0. The molecular weight excluding hydrogens is 379 g/mol. The van der Waals surface area contributed by atoms with Gasteiger partial charge in [-0.2, -0.15) is 0 Å². The van der Waals surface area contributed by atoms with E-state index in [9.17, 15) is 4.79 Å². The number of aliphatic carboxylic acids is 1. The third kappa shape index (κ3) is 7.01. The molecule has 1 aliphatic carbocycles. The van der Waals surface area contributed by atoms with Crippen molar-refractivity contribution >= 4 is 5.97 Å². The van der Waals surface area contributed by atoms with Crippen LogP contribution in [0.25, 0.3) is 11.5 Å². The second-order valence-electron chi connectivity index (χ2n) is 3.52. The van der Waals surface area contributed by atoms with Gasteiger partial charge in [-0.05, 0) is 6.92 Å². The molecule has 0 saturated heterocycles. The van der Waals surface area contributed by atoms with Crippen LogP contribution in [0.3, 0.4) is 0 Å². The van der Waals surface area contributed by atoms with Crippen LogP contribution in [0.15, 0.2) is 0 Å². The van der Waals surface area contributed by atoms with E-state index in [1.807, 2.05) is 0 Å². The van der Waals surface area contributed by atoms with Crippen LogP contribution in [-0.4, -0.2) is 35.4 Å². The second kappa shape index (κ2) is 9.28. The summed E-state index contributed by atoms with van der Waals surface area (Å²) >= 11 is 0. The van der Waals surface area contributed by atoms with Crippen molar-refractivity contribution in [2.24, 2.45) is 11.8 Å². The first kappa shape index (κ1) is 17.4. The summed E-state index contributed by atoms with van der Waals surface area (Å²) in [5, 5.41) is 15.8. The zero-order valence-corrected chi connectivity index (χ0v) is 11.0. The van der Waals surface area contributed by atoms with Crippen LogP contribution in [-0.2, 0) is 25.9 Å². The summed E-state index contributed by atoms with van der Waals surface area (Å²) in [5.74, 6) is -0.0324. The molecule has 0 spiro atoms. The monoisotopic (exact) mass is 397 g/mol. The van der Waals surface area contributed by atoms with Crippen molar-refractivity contribution in [2.75, 3.05) is 13.1 Å². The first-order valence-corrected chi connectivity index (χ1v) is 4.73. The van der Waals surface area contributed by atoms with Crippen LogP contribution in [0.1, 0.15) is 19.8 Å². The predicted molar refractivity (Wildman–Crippen MR) is 53.9 cm³/mol. The molecule has 0 aromatic heterocycles. The van der Waals surface area contributed by atoms with E-state index < -0.39 is 12.1 Å². The number of carboxylic acid groups (broad SMARTS) is 1. The van der Waals surface area contributed by atoms with Gasteiger partial charge >= 0.3 is 5.97 Å². The maximum absolute atomic E-state index is 9.45. The Morgan fingerprint density at radius 1 is 1.33 bits per heavy atom. The number of nitrogens with one attached hydrogen (secondary N) is 2. The van der Waals surface area contributed by atoms with E-state index in [1.54, 1.807) is 0 Å². The van der Waals surface area contributed by atoms with Gasteiger partial charge in [0.15, 0.2) is 0 Å². The van der Waals surface area contributed by atoms with Crippen LogP contribution in [0.2, 0.25) is 0 Å². The molecule has 5 nitrogen and oxygen atoms in total. The van der Waals surface area contributed by atoms with Gasteiger partial charge < -0.3 is 21.7 Å². The number of carbonyl (C=O) groups is 1. The molecule has 0 radical (unpaired) electrons. The quantitative estimate of drug-likeness (QED) is 0.755. The minimum Gasteiger partial charge on any atom is -0.677 e. The van der Waals surface area contributed by atoms with Crippen LogP contribution < -0.4 is 0 Å². The third-order valence-electron chi connectivity index (χ3n) is 2.46. The molecule has 15 heavy (non-hydrogen) atoms. The van der Waals surface area contributed by atoms with Gasteiger partial charge in [-0.3, -0.25) is 0 Å². The van der Waals surface area contributed by atoms with Crippen molar-refractivity contribution in [3.05, 3.63) is 11.5 Å². The number of hydrogen-bond acceptors (Lipinski definition) is 2. The fraction of sp³-hybridized carbons (Fsp3) is 0.889. The molecule has 1 rings (SSSR count). The van der Waals surface area contributed by atoms with Gasteiger partial charge in [0.25, 0.3) is 0 Å². The van der Waals surface area contributed by atoms with Crippen molar-refractivity contribution in [1.29, 1.82) is 0 Å². The van der Waals surface area contributed by atoms with Crippen LogP contribution >= 0.6 is 0 Å². The Balaban J connectivity index is 0. The first-order chi connectivity index (χ1) is 6.52. The fourth-order valence-corrected chi connectivity index (χ4v) is 1.18. The summed E-state index contributed by atoms with van der Waals surface area (Å²) < 4.78 is 0. The molecule has 0 aromatic rings. The number of aliphatic hydroxyl groups excluding tert-OH is 1. The summed E-state index contributed by atoms with van der Waals surface area (Å²) in [6.07, 6.45) is 1.17. The zero-order valence-electron chi connectivity index (χ0n) is 8.68. The van der Waals surface area contributed by atoms with E-state index in [4.69, 9.17) is 21.7 Å². The van der Waals surface area contributed by atoms with Crippen LogP contribution in [0, 0.1) is 11.8 Å². The van der Waals surface area contributed by atoms with E-state index in [-0.39, 0.29) is 21.1 Å². The second-order valence-corrected chi connectivity index (χ2v) is 3.52. The molecule has 1 unspecified atom stereocenters. The molecule has 6 heteroatoms. The molecule has 0 amide bonds. The van der Waals surface area contributed by atoms with Gasteiger partial charge in [0.2, 0.25) is 0 Å². The molecule has 0 bridgehead atoms. The normalized spacial score (nSPS) is 25.1. The van der Waals surface area contributed by atoms with E-state index >= 15 is 0 Å². The Morgan fingerprint density at radius 3 is 1.67 bits per heavy atom. The maximum Gasteiger partial charge on any atom is 0.332 e. The molecule has 0 heterocycles. The van der Waals surface area contributed by atoms with Crippen molar-refractivity contribution in [3.8, 4) is 0 Å². The van der Waals surface area contributed by atoms with E-state index in [0.29, 0.717) is 24.9 Å². The Kier molecular flexibility index (Phi) is 10.8. The molecule has 1 aliphatic rings. The molecule has 3 atom stereocenters. The van der Waals surface area contributed by atoms with Crippen molar-refractivity contribution in [1.82, 2.24) is 0 Å². The number of carboxylic acids is 1. The maximum atomic E-state index is 9.45. The standard InChI is InChI=1S/C6H12N2.C3H6O3.Pt/c7-3-5-1-2-6(5)4-8;1-2(4)3(5)6;/h5-8H,1-4H2;2,4H,1H3,(H,5,6);/q-2;;/t5-,6-;;/m0../s1. The number of rotatable bonds is 3. The Labute approximate surface area is 104 Å². The summed E-state index contributed by atoms with van der Waals surface area (Å²) in [6, 6.07) is 0. The van der Waals surface area contributed by atoms with Gasteiger partial charge in [0.1, 0.15) is 6.10 Å². The predicted octanol–water partition coefficient (Wildman–Crippen LogP) is 1.57. The molecular formula is C9H18N2O3Pt-2. The fourth-order valence-electron chi connectivity index (χ4n) is 1.18. The molecule has 1 fully saturated rings. The smallest absolute Gasteiger partial charge is 0.332 e. The third-order valence-corrected chi connectivity index (χ3v) is 2.46. The SMILES string of the molecule is CC(O)C(=O)O.[NH-]C[C@@H]1CC[C@H]1C[NH-].[Pt].